The molecule has 0 spiro atoms. The van der Waals surface area contributed by atoms with Crippen LogP contribution in [0.25, 0.3) is 0 Å². The lowest BCUT2D eigenvalue weighted by molar-refractivity contribution is -0.204. The number of ether oxygens (including phenoxy) is 1. The Morgan fingerprint density at radius 1 is 1.37 bits per heavy atom. The molecule has 110 valence electrons. The van der Waals surface area contributed by atoms with Crippen molar-refractivity contribution in [1.82, 2.24) is 0 Å². The van der Waals surface area contributed by atoms with Crippen molar-refractivity contribution in [2.45, 2.75) is 46.3 Å². The van der Waals surface area contributed by atoms with E-state index < -0.39 is 17.7 Å². The zero-order valence-corrected chi connectivity index (χ0v) is 15.4. The van der Waals surface area contributed by atoms with Crippen LogP contribution < -0.4 is 0 Å². The molecule has 0 aliphatic heterocycles. The van der Waals surface area contributed by atoms with Crippen LogP contribution in [0.2, 0.25) is 0 Å². The van der Waals surface area contributed by atoms with Crippen molar-refractivity contribution in [1.29, 1.82) is 0 Å². The summed E-state index contributed by atoms with van der Waals surface area (Å²) in [6.07, 6.45) is -1.08. The molecule has 0 aromatic carbocycles. The third-order valence-electron chi connectivity index (χ3n) is 1.68. The molecule has 3 nitrogen and oxygen atoms in total. The largest absolute Gasteiger partial charge is 0.382 e. The van der Waals surface area contributed by atoms with Gasteiger partial charge in [-0.15, -0.1) is 11.3 Å². The van der Waals surface area contributed by atoms with Gasteiger partial charge in [-0.2, -0.15) is 0 Å². The summed E-state index contributed by atoms with van der Waals surface area (Å²) in [4.78, 5) is 15.2. The molecule has 0 amide bonds. The van der Waals surface area contributed by atoms with Crippen molar-refractivity contribution in [2.75, 3.05) is 0 Å². The number of carbonyl (C=O) groups is 1. The molecule has 1 unspecified atom stereocenters. The number of rotatable bonds is 3. The van der Waals surface area contributed by atoms with E-state index in [1.165, 1.54) is 11.3 Å². The maximum absolute atomic E-state index is 12.1. The van der Waals surface area contributed by atoms with Gasteiger partial charge in [0.05, 0.1) is 14.3 Å². The Labute approximate surface area is 133 Å². The first-order chi connectivity index (χ1) is 8.74. The van der Waals surface area contributed by atoms with Crippen LogP contribution in [0.4, 0.5) is 4.53 Å². The van der Waals surface area contributed by atoms with Crippen LogP contribution in [0.15, 0.2) is 14.3 Å². The van der Waals surface area contributed by atoms with E-state index in [2.05, 4.69) is 36.8 Å². The minimum Gasteiger partial charge on any atom is -0.355 e. The lowest BCUT2D eigenvalue weighted by Gasteiger charge is -2.24. The molecule has 0 radical (unpaired) electrons. The van der Waals surface area contributed by atoms with Gasteiger partial charge in [0.15, 0.2) is 6.10 Å². The van der Waals surface area contributed by atoms with E-state index in [4.69, 9.17) is 4.74 Å². The third kappa shape index (κ3) is 6.33. The van der Waals surface area contributed by atoms with Gasteiger partial charge in [-0.3, -0.25) is 4.94 Å². The maximum atomic E-state index is 12.1. The lowest BCUT2D eigenvalue weighted by Crippen LogP contribution is -2.27. The van der Waals surface area contributed by atoms with Gasteiger partial charge in [0, 0.05) is 9.00 Å². The highest BCUT2D eigenvalue weighted by Gasteiger charge is 2.32. The van der Waals surface area contributed by atoms with Gasteiger partial charge in [-0.1, -0.05) is 13.8 Å². The monoisotopic (exact) mass is 418 g/mol. The summed E-state index contributed by atoms with van der Waals surface area (Å²) in [5.74, 6) is -1.06. The fraction of sp³-hybridized carbons (Fsp3) is 0.583. The van der Waals surface area contributed by atoms with Crippen LogP contribution in [-0.4, -0.2) is 11.6 Å². The van der Waals surface area contributed by atoms with Gasteiger partial charge in [0.25, 0.3) is 0 Å². The molecule has 1 atom stereocenters. The molecule has 0 N–H and O–H groups in total. The SMILES string of the molecule is CC.CC(C)(C)OC(C(=O)OF)c1sc(Br)cc1Br. The van der Waals surface area contributed by atoms with Crippen LogP contribution in [0.3, 0.4) is 0 Å². The van der Waals surface area contributed by atoms with Crippen molar-refractivity contribution in [3.05, 3.63) is 19.2 Å². The smallest absolute Gasteiger partial charge is 0.355 e. The third-order valence-corrected chi connectivity index (χ3v) is 4.28. The molecule has 0 bridgehead atoms. The molecule has 0 saturated heterocycles. The predicted molar refractivity (Wildman–Crippen MR) is 81.8 cm³/mol. The second-order valence-electron chi connectivity index (χ2n) is 4.27. The minimum absolute atomic E-state index is 0.564. The van der Waals surface area contributed by atoms with Crippen LogP contribution in [0, 0.1) is 0 Å². The van der Waals surface area contributed by atoms with Crippen molar-refractivity contribution in [3.63, 3.8) is 0 Å². The Morgan fingerprint density at radius 2 is 1.89 bits per heavy atom. The molecule has 1 rings (SSSR count). The topological polar surface area (TPSA) is 35.5 Å². The lowest BCUT2D eigenvalue weighted by atomic mass is 10.1. The first-order valence-electron chi connectivity index (χ1n) is 5.69. The summed E-state index contributed by atoms with van der Waals surface area (Å²) in [7, 11) is 0. The Kier molecular flexibility index (Phi) is 8.35. The zero-order chi connectivity index (χ0) is 15.2. The highest BCUT2D eigenvalue weighted by Crippen LogP contribution is 2.39. The Hall–Kier alpha value is 0.0200. The molecular formula is C12H17Br2FO3S. The standard InChI is InChI=1S/C10H11Br2FO3S.C2H6/c1-10(2,3)15-7(9(14)16-13)8-5(11)4-6(12)17-8;1-2/h4,7H,1-3H3;1-2H3. The van der Waals surface area contributed by atoms with Gasteiger partial charge < -0.3 is 4.74 Å². The first-order valence-corrected chi connectivity index (χ1v) is 8.10. The summed E-state index contributed by atoms with van der Waals surface area (Å²) in [5.41, 5.74) is -0.589. The van der Waals surface area contributed by atoms with E-state index in [0.29, 0.717) is 9.35 Å². The van der Waals surface area contributed by atoms with E-state index in [9.17, 15) is 9.32 Å². The molecule has 0 aliphatic rings. The quantitative estimate of drug-likeness (QED) is 0.641. The average molecular weight is 420 g/mol. The van der Waals surface area contributed by atoms with Gasteiger partial charge >= 0.3 is 5.97 Å². The van der Waals surface area contributed by atoms with Gasteiger partial charge in [0.1, 0.15) is 0 Å². The second-order valence-corrected chi connectivity index (χ2v) is 7.59. The predicted octanol–water partition coefficient (Wildman–Crippen LogP) is 5.58. The van der Waals surface area contributed by atoms with Crippen molar-refractivity contribution in [2.24, 2.45) is 0 Å². The highest BCUT2D eigenvalue weighted by atomic mass is 79.9. The summed E-state index contributed by atoms with van der Waals surface area (Å²) in [6.45, 7) is 9.34. The van der Waals surface area contributed by atoms with E-state index >= 15 is 0 Å². The van der Waals surface area contributed by atoms with Gasteiger partial charge in [-0.25, -0.2) is 4.79 Å². The molecule has 19 heavy (non-hydrogen) atoms. The molecular weight excluding hydrogens is 403 g/mol. The molecule has 1 aromatic rings. The maximum Gasteiger partial charge on any atom is 0.382 e. The minimum atomic E-state index is -1.08. The van der Waals surface area contributed by atoms with Crippen molar-refractivity contribution in [3.8, 4) is 0 Å². The number of halogens is 3. The van der Waals surface area contributed by atoms with Crippen molar-refractivity contribution >= 4 is 49.2 Å². The van der Waals surface area contributed by atoms with Gasteiger partial charge in [-0.05, 0) is 58.7 Å². The van der Waals surface area contributed by atoms with Crippen LogP contribution in [-0.2, 0) is 14.5 Å². The summed E-state index contributed by atoms with van der Waals surface area (Å²) in [5, 5.41) is 0. The van der Waals surface area contributed by atoms with Crippen LogP contribution in [0.1, 0.15) is 45.6 Å². The van der Waals surface area contributed by atoms with Gasteiger partial charge in [0.2, 0.25) is 0 Å². The molecule has 0 aliphatic carbocycles. The van der Waals surface area contributed by atoms with E-state index in [1.54, 1.807) is 26.8 Å². The molecule has 1 aromatic heterocycles. The second kappa shape index (κ2) is 8.34. The highest BCUT2D eigenvalue weighted by molar-refractivity contribution is 9.11. The molecule has 7 heteroatoms. The Balaban J connectivity index is 0.00000154. The number of carbonyl (C=O) groups excluding carboxylic acids is 1. The summed E-state index contributed by atoms with van der Waals surface area (Å²) >= 11 is 7.87. The first kappa shape index (κ1) is 19.0. The molecule has 0 saturated carbocycles. The Bertz CT molecular complexity index is 416. The average Bonchev–Trinajstić information content (AvgIpc) is 2.66. The number of thiophene rings is 1. The van der Waals surface area contributed by atoms with E-state index in [0.717, 1.165) is 3.79 Å². The fourth-order valence-corrected chi connectivity index (χ4v) is 3.82. The van der Waals surface area contributed by atoms with Crippen LogP contribution in [0.5, 0.6) is 0 Å². The zero-order valence-electron chi connectivity index (χ0n) is 11.4. The summed E-state index contributed by atoms with van der Waals surface area (Å²) < 4.78 is 19.1. The molecule has 0 fully saturated rings. The van der Waals surface area contributed by atoms with E-state index in [-0.39, 0.29) is 0 Å². The Morgan fingerprint density at radius 3 is 2.21 bits per heavy atom. The number of hydrogen-bond acceptors (Lipinski definition) is 4. The van der Waals surface area contributed by atoms with Crippen molar-refractivity contribution < 1.29 is 19.0 Å². The molecule has 1 heterocycles. The normalized spacial score (nSPS) is 12.4. The summed E-state index contributed by atoms with van der Waals surface area (Å²) in [6, 6.07) is 1.77. The van der Waals surface area contributed by atoms with Crippen LogP contribution >= 0.6 is 43.2 Å². The van der Waals surface area contributed by atoms with E-state index in [1.807, 2.05) is 13.8 Å². The fourth-order valence-electron chi connectivity index (χ4n) is 1.14. The number of hydrogen-bond donors (Lipinski definition) is 0.